The van der Waals surface area contributed by atoms with Crippen LogP contribution in [-0.4, -0.2) is 50.1 Å². The smallest absolute Gasteiger partial charge is 0.157 e. The lowest BCUT2D eigenvalue weighted by Crippen LogP contribution is -2.29. The fourth-order valence-corrected chi connectivity index (χ4v) is 3.26. The molecule has 0 saturated carbocycles. The molecular weight excluding hydrogens is 328 g/mol. The third-order valence-electron chi connectivity index (χ3n) is 4.53. The molecule has 0 spiro atoms. The molecule has 0 unspecified atom stereocenters. The Kier molecular flexibility index (Phi) is 4.95. The van der Waals surface area contributed by atoms with Crippen LogP contribution in [0.2, 0.25) is 0 Å². The fourth-order valence-electron chi connectivity index (χ4n) is 3.26. The Morgan fingerprint density at radius 2 is 1.85 bits per heavy atom. The van der Waals surface area contributed by atoms with Crippen molar-refractivity contribution in [2.45, 2.75) is 25.3 Å². The van der Waals surface area contributed by atoms with Crippen molar-refractivity contribution >= 4 is 0 Å². The number of rotatable bonds is 6. The number of aliphatic hydroxyl groups excluding tert-OH is 1. The van der Waals surface area contributed by atoms with Gasteiger partial charge in [-0.3, -0.25) is 14.6 Å². The van der Waals surface area contributed by atoms with Gasteiger partial charge in [-0.05, 0) is 17.2 Å². The summed E-state index contributed by atoms with van der Waals surface area (Å²) in [5.74, 6) is 0.688. The minimum atomic E-state index is -0.510. The van der Waals surface area contributed by atoms with Gasteiger partial charge in [0, 0.05) is 32.0 Å². The number of nitrogens with zero attached hydrogens (tertiary/aromatic N) is 4. The monoisotopic (exact) mass is 350 g/mol. The molecule has 1 aromatic carbocycles. The molecule has 4 rings (SSSR count). The Bertz CT molecular complexity index is 822. The third kappa shape index (κ3) is 4.09. The summed E-state index contributed by atoms with van der Waals surface area (Å²) < 4.78 is 7.83. The van der Waals surface area contributed by atoms with Gasteiger partial charge in [-0.25, -0.2) is 0 Å². The molecule has 3 heterocycles. The standard InChI is InChI=1S/C20H22N4O2/c25-19-14-23(11-17-7-4-8-21-9-17)15-20(19)26-18-10-22-24(13-18)12-16-5-2-1-3-6-16/h1-10,13,19-20,25H,11-12,14-15H2/t19-,20-/m1/s1. The van der Waals surface area contributed by atoms with E-state index in [1.165, 1.54) is 5.56 Å². The summed E-state index contributed by atoms with van der Waals surface area (Å²) in [5.41, 5.74) is 2.32. The molecule has 1 saturated heterocycles. The van der Waals surface area contributed by atoms with Gasteiger partial charge in [0.15, 0.2) is 5.75 Å². The van der Waals surface area contributed by atoms with E-state index in [4.69, 9.17) is 4.74 Å². The van der Waals surface area contributed by atoms with Crippen molar-refractivity contribution in [1.82, 2.24) is 19.7 Å². The number of hydrogen-bond acceptors (Lipinski definition) is 5. The molecule has 2 atom stereocenters. The predicted molar refractivity (Wildman–Crippen MR) is 97.7 cm³/mol. The van der Waals surface area contributed by atoms with Gasteiger partial charge in [-0.1, -0.05) is 36.4 Å². The molecule has 134 valence electrons. The van der Waals surface area contributed by atoms with Crippen molar-refractivity contribution in [2.75, 3.05) is 13.1 Å². The van der Waals surface area contributed by atoms with Gasteiger partial charge < -0.3 is 9.84 Å². The Hall–Kier alpha value is -2.70. The Morgan fingerprint density at radius 1 is 1.00 bits per heavy atom. The lowest BCUT2D eigenvalue weighted by molar-refractivity contribution is 0.0736. The zero-order chi connectivity index (χ0) is 17.8. The number of β-amino-alcohol motifs (C(OH)–C–C–N with tert-alkyl or cyclic N) is 1. The first-order valence-corrected chi connectivity index (χ1v) is 8.78. The van der Waals surface area contributed by atoms with Crippen molar-refractivity contribution in [1.29, 1.82) is 0 Å². The van der Waals surface area contributed by atoms with Gasteiger partial charge in [-0.15, -0.1) is 0 Å². The summed E-state index contributed by atoms with van der Waals surface area (Å²) in [6, 6.07) is 14.1. The second-order valence-electron chi connectivity index (χ2n) is 6.64. The van der Waals surface area contributed by atoms with Crippen molar-refractivity contribution in [3.05, 3.63) is 78.4 Å². The van der Waals surface area contributed by atoms with E-state index in [1.54, 1.807) is 12.4 Å². The van der Waals surface area contributed by atoms with Crippen LogP contribution in [0.4, 0.5) is 0 Å². The van der Waals surface area contributed by atoms with Crippen molar-refractivity contribution in [3.63, 3.8) is 0 Å². The number of pyridine rings is 1. The Labute approximate surface area is 152 Å². The van der Waals surface area contributed by atoms with Crippen LogP contribution in [0.3, 0.4) is 0 Å². The highest BCUT2D eigenvalue weighted by molar-refractivity contribution is 5.18. The third-order valence-corrected chi connectivity index (χ3v) is 4.53. The Balaban J connectivity index is 1.34. The summed E-state index contributed by atoms with van der Waals surface area (Å²) in [4.78, 5) is 6.32. The van der Waals surface area contributed by atoms with Crippen molar-refractivity contribution < 1.29 is 9.84 Å². The molecule has 0 amide bonds. The SMILES string of the molecule is O[C@@H]1CN(Cc2cccnc2)C[C@H]1Oc1cnn(Cc2ccccc2)c1. The largest absolute Gasteiger partial charge is 0.483 e. The van der Waals surface area contributed by atoms with E-state index in [2.05, 4.69) is 27.1 Å². The maximum absolute atomic E-state index is 10.3. The van der Waals surface area contributed by atoms with E-state index in [9.17, 15) is 5.11 Å². The van der Waals surface area contributed by atoms with Crippen molar-refractivity contribution in [3.8, 4) is 5.75 Å². The van der Waals surface area contributed by atoms with Crippen molar-refractivity contribution in [2.24, 2.45) is 0 Å². The van der Waals surface area contributed by atoms with Crippen LogP contribution in [0, 0.1) is 0 Å². The summed E-state index contributed by atoms with van der Waals surface area (Å²) in [7, 11) is 0. The van der Waals surface area contributed by atoms with Gasteiger partial charge in [0.25, 0.3) is 0 Å². The van der Waals surface area contributed by atoms with Crippen LogP contribution in [-0.2, 0) is 13.1 Å². The second kappa shape index (κ2) is 7.68. The normalized spacial score (nSPS) is 20.3. The average Bonchev–Trinajstić information content (AvgIpc) is 3.23. The molecule has 1 fully saturated rings. The maximum Gasteiger partial charge on any atom is 0.157 e. The zero-order valence-electron chi connectivity index (χ0n) is 14.5. The molecule has 0 bridgehead atoms. The number of hydrogen-bond donors (Lipinski definition) is 1. The molecule has 0 aliphatic carbocycles. The van der Waals surface area contributed by atoms with Crippen LogP contribution in [0.1, 0.15) is 11.1 Å². The van der Waals surface area contributed by atoms with Crippen LogP contribution in [0.5, 0.6) is 5.75 Å². The minimum Gasteiger partial charge on any atom is -0.483 e. The molecular formula is C20H22N4O2. The first-order valence-electron chi connectivity index (χ1n) is 8.78. The fraction of sp³-hybridized carbons (Fsp3) is 0.300. The van der Waals surface area contributed by atoms with Crippen LogP contribution < -0.4 is 4.74 Å². The second-order valence-corrected chi connectivity index (χ2v) is 6.64. The molecule has 1 aliphatic rings. The predicted octanol–water partition coefficient (Wildman–Crippen LogP) is 1.95. The summed E-state index contributed by atoms with van der Waals surface area (Å²) in [5, 5.41) is 14.7. The molecule has 3 aromatic rings. The van der Waals surface area contributed by atoms with E-state index in [0.717, 1.165) is 12.1 Å². The van der Waals surface area contributed by atoms with E-state index in [-0.39, 0.29) is 6.10 Å². The highest BCUT2D eigenvalue weighted by atomic mass is 16.5. The number of aromatic nitrogens is 3. The van der Waals surface area contributed by atoms with E-state index in [0.29, 0.717) is 25.4 Å². The van der Waals surface area contributed by atoms with E-state index < -0.39 is 6.10 Å². The van der Waals surface area contributed by atoms with Gasteiger partial charge in [0.2, 0.25) is 0 Å². The lowest BCUT2D eigenvalue weighted by Gasteiger charge is -2.16. The number of benzene rings is 1. The highest BCUT2D eigenvalue weighted by Crippen LogP contribution is 2.20. The van der Waals surface area contributed by atoms with Gasteiger partial charge in [-0.2, -0.15) is 5.10 Å². The van der Waals surface area contributed by atoms with Crippen LogP contribution in [0.25, 0.3) is 0 Å². The number of ether oxygens (including phenoxy) is 1. The maximum atomic E-state index is 10.3. The van der Waals surface area contributed by atoms with Gasteiger partial charge >= 0.3 is 0 Å². The molecule has 0 radical (unpaired) electrons. The molecule has 1 aliphatic heterocycles. The van der Waals surface area contributed by atoms with Crippen LogP contribution >= 0.6 is 0 Å². The number of likely N-dealkylation sites (tertiary alicyclic amines) is 1. The van der Waals surface area contributed by atoms with Crippen LogP contribution in [0.15, 0.2) is 67.3 Å². The molecule has 1 N–H and O–H groups in total. The summed E-state index contributed by atoms with van der Waals surface area (Å²) >= 11 is 0. The Morgan fingerprint density at radius 3 is 2.65 bits per heavy atom. The summed E-state index contributed by atoms with van der Waals surface area (Å²) in [6.45, 7) is 2.74. The minimum absolute atomic E-state index is 0.249. The summed E-state index contributed by atoms with van der Waals surface area (Å²) in [6.07, 6.45) is 6.45. The van der Waals surface area contributed by atoms with E-state index in [1.807, 2.05) is 47.4 Å². The van der Waals surface area contributed by atoms with Gasteiger partial charge in [0.05, 0.1) is 18.9 Å². The lowest BCUT2D eigenvalue weighted by atomic mass is 10.2. The van der Waals surface area contributed by atoms with E-state index >= 15 is 0 Å². The number of aliphatic hydroxyl groups is 1. The zero-order valence-corrected chi connectivity index (χ0v) is 14.5. The molecule has 6 heteroatoms. The molecule has 2 aromatic heterocycles. The first kappa shape index (κ1) is 16.8. The molecule has 26 heavy (non-hydrogen) atoms. The molecule has 6 nitrogen and oxygen atoms in total. The average molecular weight is 350 g/mol. The quantitative estimate of drug-likeness (QED) is 0.736. The van der Waals surface area contributed by atoms with Gasteiger partial charge in [0.1, 0.15) is 12.2 Å². The topological polar surface area (TPSA) is 63.4 Å². The first-order chi connectivity index (χ1) is 12.8. The highest BCUT2D eigenvalue weighted by Gasteiger charge is 2.33.